The van der Waals surface area contributed by atoms with Crippen LogP contribution in [-0.4, -0.2) is 44.8 Å². The normalized spacial score (nSPS) is 15.9. The molecule has 0 aromatic heterocycles. The SMILES string of the molecule is COC(=O)c1ccc(NC(=O)CCS(=O)(=O)c2ccc3c(c2)NC(=O)C(C)CS3)cc1. The summed E-state index contributed by atoms with van der Waals surface area (Å²) < 4.78 is 30.0. The predicted octanol–water partition coefficient (Wildman–Crippen LogP) is 2.96. The van der Waals surface area contributed by atoms with Crippen molar-refractivity contribution in [3.8, 4) is 0 Å². The van der Waals surface area contributed by atoms with Gasteiger partial charge >= 0.3 is 5.97 Å². The highest BCUT2D eigenvalue weighted by molar-refractivity contribution is 7.99. The van der Waals surface area contributed by atoms with E-state index in [1.165, 1.54) is 55.3 Å². The van der Waals surface area contributed by atoms with Crippen LogP contribution >= 0.6 is 11.8 Å². The summed E-state index contributed by atoms with van der Waals surface area (Å²) in [5, 5.41) is 5.37. The third-order valence-electron chi connectivity index (χ3n) is 4.69. The van der Waals surface area contributed by atoms with Gasteiger partial charge < -0.3 is 15.4 Å². The smallest absolute Gasteiger partial charge is 0.337 e. The zero-order valence-corrected chi connectivity index (χ0v) is 18.6. The molecule has 1 heterocycles. The molecule has 10 heteroatoms. The maximum atomic E-state index is 12.7. The van der Waals surface area contributed by atoms with Crippen LogP contribution in [0.4, 0.5) is 11.4 Å². The topological polar surface area (TPSA) is 119 Å². The maximum absolute atomic E-state index is 12.7. The molecular weight excluding hydrogens is 440 g/mol. The van der Waals surface area contributed by atoms with Gasteiger partial charge in [-0.3, -0.25) is 9.59 Å². The molecule has 0 radical (unpaired) electrons. The number of nitrogens with one attached hydrogen (secondary N) is 2. The van der Waals surface area contributed by atoms with Crippen LogP contribution < -0.4 is 10.6 Å². The van der Waals surface area contributed by atoms with E-state index in [0.717, 1.165) is 4.90 Å². The Kier molecular flexibility index (Phi) is 7.01. The van der Waals surface area contributed by atoms with Crippen molar-refractivity contribution >= 4 is 50.8 Å². The van der Waals surface area contributed by atoms with Gasteiger partial charge in [-0.1, -0.05) is 6.92 Å². The molecule has 8 nitrogen and oxygen atoms in total. The molecule has 0 spiro atoms. The Morgan fingerprint density at radius 1 is 1.19 bits per heavy atom. The van der Waals surface area contributed by atoms with Gasteiger partial charge in [0.05, 0.1) is 29.0 Å². The largest absolute Gasteiger partial charge is 0.465 e. The lowest BCUT2D eigenvalue weighted by Gasteiger charge is -2.10. The number of fused-ring (bicyclic) bond motifs is 1. The lowest BCUT2D eigenvalue weighted by molar-refractivity contribution is -0.118. The fourth-order valence-electron chi connectivity index (χ4n) is 2.85. The Morgan fingerprint density at radius 3 is 2.58 bits per heavy atom. The van der Waals surface area contributed by atoms with Crippen LogP contribution in [0.5, 0.6) is 0 Å². The van der Waals surface area contributed by atoms with Crippen molar-refractivity contribution in [3.63, 3.8) is 0 Å². The van der Waals surface area contributed by atoms with E-state index in [-0.39, 0.29) is 28.9 Å². The van der Waals surface area contributed by atoms with Crippen LogP contribution in [0.15, 0.2) is 52.3 Å². The predicted molar refractivity (Wildman–Crippen MR) is 118 cm³/mol. The number of amides is 2. The van der Waals surface area contributed by atoms with Gasteiger partial charge in [-0.2, -0.15) is 0 Å². The monoisotopic (exact) mass is 462 g/mol. The van der Waals surface area contributed by atoms with Crippen LogP contribution in [-0.2, 0) is 24.2 Å². The van der Waals surface area contributed by atoms with Gasteiger partial charge in [-0.25, -0.2) is 13.2 Å². The molecule has 2 aromatic carbocycles. The van der Waals surface area contributed by atoms with Crippen molar-refractivity contribution in [2.45, 2.75) is 23.1 Å². The number of thioether (sulfide) groups is 1. The average molecular weight is 463 g/mol. The van der Waals surface area contributed by atoms with Gasteiger partial charge in [0.2, 0.25) is 11.8 Å². The van der Waals surface area contributed by atoms with Crippen molar-refractivity contribution in [1.29, 1.82) is 0 Å². The Hall–Kier alpha value is -2.85. The third-order valence-corrected chi connectivity index (χ3v) is 7.74. The molecule has 2 aromatic rings. The van der Waals surface area contributed by atoms with Crippen molar-refractivity contribution in [2.24, 2.45) is 5.92 Å². The molecule has 0 saturated carbocycles. The van der Waals surface area contributed by atoms with Gasteiger partial charge in [-0.15, -0.1) is 11.8 Å². The summed E-state index contributed by atoms with van der Waals surface area (Å²) in [5.74, 6) is -1.06. The first-order valence-electron chi connectivity index (χ1n) is 9.48. The Morgan fingerprint density at radius 2 is 1.90 bits per heavy atom. The van der Waals surface area contributed by atoms with E-state index in [2.05, 4.69) is 15.4 Å². The van der Waals surface area contributed by atoms with Gasteiger partial charge in [0.15, 0.2) is 9.84 Å². The van der Waals surface area contributed by atoms with Crippen LogP contribution in [0.1, 0.15) is 23.7 Å². The minimum atomic E-state index is -3.73. The minimum Gasteiger partial charge on any atom is -0.465 e. The quantitative estimate of drug-likeness (QED) is 0.634. The molecule has 0 fully saturated rings. The second-order valence-corrected chi connectivity index (χ2v) is 10.2. The highest BCUT2D eigenvalue weighted by Gasteiger charge is 2.23. The van der Waals surface area contributed by atoms with Gasteiger partial charge in [-0.05, 0) is 42.5 Å². The zero-order chi connectivity index (χ0) is 22.6. The van der Waals surface area contributed by atoms with E-state index in [1.807, 2.05) is 6.92 Å². The van der Waals surface area contributed by atoms with Crippen molar-refractivity contribution in [3.05, 3.63) is 48.0 Å². The van der Waals surface area contributed by atoms with Crippen molar-refractivity contribution < 1.29 is 27.5 Å². The number of sulfone groups is 1. The van der Waals surface area contributed by atoms with Crippen LogP contribution in [0, 0.1) is 5.92 Å². The molecule has 1 aliphatic heterocycles. The Bertz CT molecular complexity index is 1110. The Labute approximate surface area is 184 Å². The van der Waals surface area contributed by atoms with Gasteiger partial charge in [0, 0.05) is 28.7 Å². The zero-order valence-electron chi connectivity index (χ0n) is 17.0. The number of ether oxygens (including phenoxy) is 1. The van der Waals surface area contributed by atoms with Crippen LogP contribution in [0.3, 0.4) is 0 Å². The van der Waals surface area contributed by atoms with E-state index < -0.39 is 21.7 Å². The first-order valence-corrected chi connectivity index (χ1v) is 12.1. The van der Waals surface area contributed by atoms with E-state index in [9.17, 15) is 22.8 Å². The van der Waals surface area contributed by atoms with Gasteiger partial charge in [0.1, 0.15) is 0 Å². The Balaban J connectivity index is 1.63. The molecule has 1 aliphatic rings. The molecule has 0 saturated heterocycles. The molecule has 2 N–H and O–H groups in total. The standard InChI is InChI=1S/C21H22N2O6S2/c1-13-12-30-18-8-7-16(11-17(18)23-20(13)25)31(27,28)10-9-19(24)22-15-5-3-14(4-6-15)21(26)29-2/h3-8,11,13H,9-10,12H2,1-2H3,(H,22,24)(H,23,25). The number of rotatable bonds is 6. The molecule has 164 valence electrons. The summed E-state index contributed by atoms with van der Waals surface area (Å²) in [6.07, 6.45) is -0.240. The molecule has 2 amide bonds. The number of esters is 1. The molecule has 31 heavy (non-hydrogen) atoms. The first-order chi connectivity index (χ1) is 14.7. The summed E-state index contributed by atoms with van der Waals surface area (Å²) >= 11 is 1.49. The summed E-state index contributed by atoms with van der Waals surface area (Å²) in [6, 6.07) is 10.7. The fourth-order valence-corrected chi connectivity index (χ4v) is 5.12. The number of benzene rings is 2. The van der Waals surface area contributed by atoms with Crippen molar-refractivity contribution in [2.75, 3.05) is 29.2 Å². The highest BCUT2D eigenvalue weighted by atomic mass is 32.2. The molecule has 1 unspecified atom stereocenters. The van der Waals surface area contributed by atoms with Gasteiger partial charge in [0.25, 0.3) is 0 Å². The summed E-state index contributed by atoms with van der Waals surface area (Å²) in [5.41, 5.74) is 1.25. The molecule has 0 aliphatic carbocycles. The second kappa shape index (κ2) is 9.52. The number of methoxy groups -OCH3 is 1. The molecule has 0 bridgehead atoms. The maximum Gasteiger partial charge on any atom is 0.337 e. The fraction of sp³-hybridized carbons (Fsp3) is 0.286. The highest BCUT2D eigenvalue weighted by Crippen LogP contribution is 2.34. The second-order valence-electron chi connectivity index (χ2n) is 7.05. The number of anilines is 2. The molecular formula is C21H22N2O6S2. The number of carbonyl (C=O) groups is 3. The molecule has 1 atom stereocenters. The summed E-state index contributed by atoms with van der Waals surface area (Å²) in [7, 11) is -2.45. The van der Waals surface area contributed by atoms with E-state index >= 15 is 0 Å². The van der Waals surface area contributed by atoms with Crippen LogP contribution in [0.2, 0.25) is 0 Å². The lowest BCUT2D eigenvalue weighted by Crippen LogP contribution is -2.20. The number of hydrogen-bond acceptors (Lipinski definition) is 7. The van der Waals surface area contributed by atoms with E-state index in [4.69, 9.17) is 0 Å². The minimum absolute atomic E-state index is 0.0527. The van der Waals surface area contributed by atoms with E-state index in [0.29, 0.717) is 22.7 Å². The summed E-state index contributed by atoms with van der Waals surface area (Å²) in [6.45, 7) is 1.81. The van der Waals surface area contributed by atoms with Crippen molar-refractivity contribution in [1.82, 2.24) is 0 Å². The third kappa shape index (κ3) is 5.65. The average Bonchev–Trinajstić information content (AvgIpc) is 2.90. The first kappa shape index (κ1) is 22.8. The number of carbonyl (C=O) groups excluding carboxylic acids is 3. The van der Waals surface area contributed by atoms with E-state index in [1.54, 1.807) is 6.07 Å². The number of hydrogen-bond donors (Lipinski definition) is 2. The summed E-state index contributed by atoms with van der Waals surface area (Å²) in [4.78, 5) is 36.5. The lowest BCUT2D eigenvalue weighted by atomic mass is 10.2. The molecule has 3 rings (SSSR count). The van der Waals surface area contributed by atoms with Crippen LogP contribution in [0.25, 0.3) is 0 Å².